The Hall–Kier alpha value is -5.41. The SMILES string of the molecule is c1ccc(-c2cc(-c3c4c(cc5oc6cc7ccccc7cc6c35)oc3cc5ccccc5cc34)ccn2)cc1. The van der Waals surface area contributed by atoms with E-state index in [-0.39, 0.29) is 0 Å². The number of rotatable bonds is 2. The van der Waals surface area contributed by atoms with Gasteiger partial charge in [0.25, 0.3) is 0 Å². The van der Waals surface area contributed by atoms with Crippen molar-refractivity contribution in [3.63, 3.8) is 0 Å². The van der Waals surface area contributed by atoms with Gasteiger partial charge in [-0.2, -0.15) is 0 Å². The Labute approximate surface area is 228 Å². The van der Waals surface area contributed by atoms with Crippen molar-refractivity contribution in [3.8, 4) is 22.4 Å². The predicted octanol–water partition coefficient (Wildman–Crippen LogP) is 10.5. The number of pyridine rings is 1. The number of fused-ring (bicyclic) bond motifs is 8. The lowest BCUT2D eigenvalue weighted by atomic mass is 9.93. The summed E-state index contributed by atoms with van der Waals surface area (Å²) in [5.41, 5.74) is 7.57. The lowest BCUT2D eigenvalue weighted by Gasteiger charge is -2.09. The summed E-state index contributed by atoms with van der Waals surface area (Å²) in [7, 11) is 0. The summed E-state index contributed by atoms with van der Waals surface area (Å²) in [5.74, 6) is 0. The largest absolute Gasteiger partial charge is 0.456 e. The van der Waals surface area contributed by atoms with Gasteiger partial charge in [0, 0.05) is 44.9 Å². The van der Waals surface area contributed by atoms with Crippen LogP contribution in [0.4, 0.5) is 0 Å². The number of hydrogen-bond donors (Lipinski definition) is 0. The molecule has 0 saturated heterocycles. The fourth-order valence-corrected chi connectivity index (χ4v) is 6.21. The van der Waals surface area contributed by atoms with E-state index in [1.54, 1.807) is 0 Å². The third-order valence-corrected chi connectivity index (χ3v) is 8.05. The molecule has 0 unspecified atom stereocenters. The number of nitrogens with zero attached hydrogens (tertiary/aromatic N) is 1. The van der Waals surface area contributed by atoms with Crippen LogP contribution < -0.4 is 0 Å². The fourth-order valence-electron chi connectivity index (χ4n) is 6.21. The fraction of sp³-hybridized carbons (Fsp3) is 0. The van der Waals surface area contributed by atoms with Crippen molar-refractivity contribution >= 4 is 65.4 Å². The molecule has 0 atom stereocenters. The molecule has 40 heavy (non-hydrogen) atoms. The first-order valence-corrected chi connectivity index (χ1v) is 13.4. The van der Waals surface area contributed by atoms with Gasteiger partial charge in [0.15, 0.2) is 0 Å². The number of benzene rings is 6. The summed E-state index contributed by atoms with van der Waals surface area (Å²) < 4.78 is 13.1. The second kappa shape index (κ2) is 8.05. The normalized spacial score (nSPS) is 12.0. The van der Waals surface area contributed by atoms with Crippen LogP contribution in [0, 0.1) is 0 Å². The van der Waals surface area contributed by atoms with Gasteiger partial charge in [0.05, 0.1) is 5.69 Å². The topological polar surface area (TPSA) is 39.2 Å². The average Bonchev–Trinajstić information content (AvgIpc) is 3.54. The molecule has 0 aliphatic rings. The van der Waals surface area contributed by atoms with Gasteiger partial charge in [-0.15, -0.1) is 0 Å². The Morgan fingerprint density at radius 3 is 1.52 bits per heavy atom. The molecule has 9 rings (SSSR count). The van der Waals surface area contributed by atoms with Crippen molar-refractivity contribution in [2.45, 2.75) is 0 Å². The zero-order valence-corrected chi connectivity index (χ0v) is 21.4. The van der Waals surface area contributed by atoms with E-state index in [0.717, 1.165) is 77.0 Å². The molecule has 3 heteroatoms. The number of furan rings is 2. The van der Waals surface area contributed by atoms with Crippen molar-refractivity contribution in [1.29, 1.82) is 0 Å². The molecule has 0 bridgehead atoms. The van der Waals surface area contributed by atoms with E-state index >= 15 is 0 Å². The molecule has 0 radical (unpaired) electrons. The molecule has 0 aliphatic heterocycles. The summed E-state index contributed by atoms with van der Waals surface area (Å²) in [4.78, 5) is 4.73. The zero-order valence-electron chi connectivity index (χ0n) is 21.4. The van der Waals surface area contributed by atoms with E-state index in [0.29, 0.717) is 0 Å². The van der Waals surface area contributed by atoms with Crippen LogP contribution in [0.5, 0.6) is 0 Å². The van der Waals surface area contributed by atoms with Crippen molar-refractivity contribution in [2.24, 2.45) is 0 Å². The van der Waals surface area contributed by atoms with Crippen LogP contribution in [-0.2, 0) is 0 Å². The van der Waals surface area contributed by atoms with Crippen molar-refractivity contribution < 1.29 is 8.83 Å². The first kappa shape index (κ1) is 21.5. The molecule has 0 aliphatic carbocycles. The van der Waals surface area contributed by atoms with Gasteiger partial charge in [-0.05, 0) is 63.5 Å². The molecule has 0 amide bonds. The summed E-state index contributed by atoms with van der Waals surface area (Å²) in [6.45, 7) is 0. The molecule has 186 valence electrons. The third kappa shape index (κ3) is 3.09. The maximum absolute atomic E-state index is 6.54. The van der Waals surface area contributed by atoms with Gasteiger partial charge in [-0.3, -0.25) is 4.98 Å². The Balaban J connectivity index is 1.47. The summed E-state index contributed by atoms with van der Waals surface area (Å²) in [6.07, 6.45) is 1.90. The van der Waals surface area contributed by atoms with E-state index in [1.807, 2.05) is 24.4 Å². The number of aromatic nitrogens is 1. The summed E-state index contributed by atoms with van der Waals surface area (Å²) in [5, 5.41) is 9.07. The maximum atomic E-state index is 6.54. The van der Waals surface area contributed by atoms with Crippen LogP contribution >= 0.6 is 0 Å². The second-order valence-corrected chi connectivity index (χ2v) is 10.4. The molecular formula is C37H21NO2. The smallest absolute Gasteiger partial charge is 0.139 e. The Kier molecular flexibility index (Phi) is 4.33. The Morgan fingerprint density at radius 1 is 0.425 bits per heavy atom. The molecule has 0 saturated carbocycles. The molecule has 0 N–H and O–H groups in total. The Bertz CT molecular complexity index is 2300. The van der Waals surface area contributed by atoms with Crippen LogP contribution in [0.3, 0.4) is 0 Å². The van der Waals surface area contributed by atoms with Gasteiger partial charge in [0.1, 0.15) is 22.3 Å². The minimum absolute atomic E-state index is 0.814. The van der Waals surface area contributed by atoms with Crippen LogP contribution in [0.1, 0.15) is 0 Å². The quantitative estimate of drug-likeness (QED) is 0.232. The van der Waals surface area contributed by atoms with Crippen LogP contribution in [0.25, 0.3) is 87.8 Å². The average molecular weight is 512 g/mol. The van der Waals surface area contributed by atoms with Crippen molar-refractivity contribution in [1.82, 2.24) is 4.98 Å². The van der Waals surface area contributed by atoms with E-state index in [2.05, 4.69) is 103 Å². The van der Waals surface area contributed by atoms with Crippen molar-refractivity contribution in [2.75, 3.05) is 0 Å². The molecule has 9 aromatic rings. The molecule has 0 fully saturated rings. The lowest BCUT2D eigenvalue weighted by Crippen LogP contribution is -1.87. The highest BCUT2D eigenvalue weighted by Gasteiger charge is 2.22. The summed E-state index contributed by atoms with van der Waals surface area (Å²) >= 11 is 0. The first-order valence-electron chi connectivity index (χ1n) is 13.4. The van der Waals surface area contributed by atoms with Gasteiger partial charge >= 0.3 is 0 Å². The highest BCUT2D eigenvalue weighted by molar-refractivity contribution is 6.27. The minimum atomic E-state index is 0.814. The van der Waals surface area contributed by atoms with E-state index in [9.17, 15) is 0 Å². The standard InChI is InChI=1S/C37H21NO2/c1-2-8-22(9-3-1)30-18-27(14-15-38-30)35-36-28-16-23-10-4-6-12-25(23)19-31(28)39-33(36)21-34-37(35)29-17-24-11-5-7-13-26(24)20-32(29)40-34/h1-21H. The van der Waals surface area contributed by atoms with E-state index in [1.165, 1.54) is 10.8 Å². The molecule has 3 aromatic heterocycles. The monoisotopic (exact) mass is 511 g/mol. The lowest BCUT2D eigenvalue weighted by molar-refractivity contribution is 0.657. The first-order chi connectivity index (χ1) is 19.8. The predicted molar refractivity (Wildman–Crippen MR) is 165 cm³/mol. The van der Waals surface area contributed by atoms with Crippen LogP contribution in [0.2, 0.25) is 0 Å². The number of hydrogen-bond acceptors (Lipinski definition) is 3. The van der Waals surface area contributed by atoms with E-state index < -0.39 is 0 Å². The molecule has 3 nitrogen and oxygen atoms in total. The highest BCUT2D eigenvalue weighted by Crippen LogP contribution is 2.46. The second-order valence-electron chi connectivity index (χ2n) is 10.4. The van der Waals surface area contributed by atoms with Gasteiger partial charge in [0.2, 0.25) is 0 Å². The van der Waals surface area contributed by atoms with Gasteiger partial charge < -0.3 is 8.83 Å². The highest BCUT2D eigenvalue weighted by atomic mass is 16.3. The Morgan fingerprint density at radius 2 is 0.950 bits per heavy atom. The van der Waals surface area contributed by atoms with Gasteiger partial charge in [-0.1, -0.05) is 78.9 Å². The van der Waals surface area contributed by atoms with Crippen molar-refractivity contribution in [3.05, 3.63) is 128 Å². The maximum Gasteiger partial charge on any atom is 0.139 e. The third-order valence-electron chi connectivity index (χ3n) is 8.05. The molecule has 6 aromatic carbocycles. The van der Waals surface area contributed by atoms with Crippen LogP contribution in [0.15, 0.2) is 136 Å². The van der Waals surface area contributed by atoms with Gasteiger partial charge in [-0.25, -0.2) is 0 Å². The van der Waals surface area contributed by atoms with E-state index in [4.69, 9.17) is 13.8 Å². The summed E-state index contributed by atoms with van der Waals surface area (Å²) in [6, 6.07) is 42.3. The molecule has 3 heterocycles. The molecular weight excluding hydrogens is 490 g/mol. The molecule has 0 spiro atoms. The zero-order chi connectivity index (χ0) is 26.2. The van der Waals surface area contributed by atoms with Crippen LogP contribution in [-0.4, -0.2) is 4.98 Å². The minimum Gasteiger partial charge on any atom is -0.456 e.